The highest BCUT2D eigenvalue weighted by molar-refractivity contribution is 5.79. The molecule has 1 aromatic carbocycles. The lowest BCUT2D eigenvalue weighted by Crippen LogP contribution is -1.85. The summed E-state index contributed by atoms with van der Waals surface area (Å²) in [6.07, 6.45) is 6.65. The molecule has 80 valence electrons. The SMILES string of the molecule is C/C=C\C(C#Cc1ccccc1C=O)=C/C. The van der Waals surface area contributed by atoms with E-state index in [1.807, 2.05) is 50.3 Å². The highest BCUT2D eigenvalue weighted by atomic mass is 16.1. The van der Waals surface area contributed by atoms with Crippen molar-refractivity contribution >= 4 is 6.29 Å². The van der Waals surface area contributed by atoms with Gasteiger partial charge in [-0.2, -0.15) is 0 Å². The maximum absolute atomic E-state index is 10.8. The number of benzene rings is 1. The lowest BCUT2D eigenvalue weighted by Gasteiger charge is -1.94. The molecule has 1 nitrogen and oxygen atoms in total. The fraction of sp³-hybridized carbons (Fsp3) is 0.133. The number of rotatable bonds is 2. The van der Waals surface area contributed by atoms with E-state index in [-0.39, 0.29) is 0 Å². The van der Waals surface area contributed by atoms with Crippen molar-refractivity contribution in [2.24, 2.45) is 0 Å². The predicted molar refractivity (Wildman–Crippen MR) is 67.3 cm³/mol. The average Bonchev–Trinajstić information content (AvgIpc) is 2.34. The maximum atomic E-state index is 10.8. The monoisotopic (exact) mass is 210 g/mol. The van der Waals surface area contributed by atoms with Crippen LogP contribution in [0.5, 0.6) is 0 Å². The number of carbonyl (C=O) groups excluding carboxylic acids is 1. The summed E-state index contributed by atoms with van der Waals surface area (Å²) in [4.78, 5) is 10.8. The number of hydrogen-bond acceptors (Lipinski definition) is 1. The van der Waals surface area contributed by atoms with Gasteiger partial charge >= 0.3 is 0 Å². The van der Waals surface area contributed by atoms with Gasteiger partial charge in [-0.1, -0.05) is 48.3 Å². The van der Waals surface area contributed by atoms with Gasteiger partial charge in [0.05, 0.1) is 0 Å². The summed E-state index contributed by atoms with van der Waals surface area (Å²) >= 11 is 0. The zero-order valence-corrected chi connectivity index (χ0v) is 9.53. The summed E-state index contributed by atoms with van der Waals surface area (Å²) in [5, 5.41) is 0. The Morgan fingerprint density at radius 2 is 2.00 bits per heavy atom. The highest BCUT2D eigenvalue weighted by Gasteiger charge is 1.95. The van der Waals surface area contributed by atoms with Crippen LogP contribution in [0.2, 0.25) is 0 Å². The van der Waals surface area contributed by atoms with E-state index in [1.165, 1.54) is 0 Å². The van der Waals surface area contributed by atoms with Gasteiger partial charge in [-0.15, -0.1) is 0 Å². The molecule has 0 aliphatic carbocycles. The Kier molecular flexibility index (Phi) is 4.82. The van der Waals surface area contributed by atoms with E-state index in [0.29, 0.717) is 5.56 Å². The Morgan fingerprint density at radius 1 is 1.25 bits per heavy atom. The molecule has 0 spiro atoms. The zero-order chi connectivity index (χ0) is 11.8. The molecule has 1 rings (SSSR count). The number of hydrogen-bond donors (Lipinski definition) is 0. The first-order valence-corrected chi connectivity index (χ1v) is 5.17. The predicted octanol–water partition coefficient (Wildman–Crippen LogP) is 3.37. The van der Waals surface area contributed by atoms with Crippen LogP contribution in [0.15, 0.2) is 48.1 Å². The molecular weight excluding hydrogens is 196 g/mol. The van der Waals surface area contributed by atoms with Gasteiger partial charge < -0.3 is 0 Å². The van der Waals surface area contributed by atoms with E-state index < -0.39 is 0 Å². The second kappa shape index (κ2) is 6.42. The highest BCUT2D eigenvalue weighted by Crippen LogP contribution is 2.04. The van der Waals surface area contributed by atoms with Crippen molar-refractivity contribution in [1.29, 1.82) is 0 Å². The molecule has 0 amide bonds. The molecule has 1 aromatic rings. The van der Waals surface area contributed by atoms with Gasteiger partial charge in [0.2, 0.25) is 0 Å². The van der Waals surface area contributed by atoms with Crippen LogP contribution < -0.4 is 0 Å². The quantitative estimate of drug-likeness (QED) is 0.415. The molecule has 0 aliphatic rings. The molecule has 0 saturated carbocycles. The van der Waals surface area contributed by atoms with Gasteiger partial charge in [-0.05, 0) is 19.9 Å². The first-order valence-electron chi connectivity index (χ1n) is 5.17. The van der Waals surface area contributed by atoms with E-state index in [9.17, 15) is 4.79 Å². The van der Waals surface area contributed by atoms with Crippen molar-refractivity contribution in [2.75, 3.05) is 0 Å². The topological polar surface area (TPSA) is 17.1 Å². The minimum Gasteiger partial charge on any atom is -0.298 e. The van der Waals surface area contributed by atoms with Crippen molar-refractivity contribution < 1.29 is 4.79 Å². The fourth-order valence-electron chi connectivity index (χ4n) is 1.24. The third kappa shape index (κ3) is 3.25. The van der Waals surface area contributed by atoms with Crippen LogP contribution in [-0.4, -0.2) is 6.29 Å². The largest absolute Gasteiger partial charge is 0.298 e. The lowest BCUT2D eigenvalue weighted by molar-refractivity contribution is 0.112. The van der Waals surface area contributed by atoms with E-state index in [1.54, 1.807) is 6.07 Å². The second-order valence-corrected chi connectivity index (χ2v) is 3.20. The van der Waals surface area contributed by atoms with Crippen LogP contribution in [0.1, 0.15) is 29.8 Å². The van der Waals surface area contributed by atoms with Crippen molar-refractivity contribution in [3.05, 3.63) is 59.2 Å². The number of carbonyl (C=O) groups is 1. The normalized spacial score (nSPS) is 11.0. The first kappa shape index (κ1) is 12.0. The van der Waals surface area contributed by atoms with Gasteiger partial charge in [0.1, 0.15) is 0 Å². The van der Waals surface area contributed by atoms with E-state index in [4.69, 9.17) is 0 Å². The third-order valence-electron chi connectivity index (χ3n) is 2.09. The Labute approximate surface area is 96.5 Å². The molecule has 0 aliphatic heterocycles. The average molecular weight is 210 g/mol. The van der Waals surface area contributed by atoms with Gasteiger partial charge in [-0.25, -0.2) is 0 Å². The van der Waals surface area contributed by atoms with Crippen molar-refractivity contribution in [2.45, 2.75) is 13.8 Å². The van der Waals surface area contributed by atoms with Crippen LogP contribution in [0.25, 0.3) is 0 Å². The molecule has 0 saturated heterocycles. The molecular formula is C15H14O. The molecule has 0 N–H and O–H groups in total. The summed E-state index contributed by atoms with van der Waals surface area (Å²) < 4.78 is 0. The van der Waals surface area contributed by atoms with Crippen LogP contribution in [-0.2, 0) is 0 Å². The van der Waals surface area contributed by atoms with Gasteiger partial charge in [0.15, 0.2) is 6.29 Å². The van der Waals surface area contributed by atoms with Gasteiger partial charge in [-0.3, -0.25) is 4.79 Å². The van der Waals surface area contributed by atoms with Gasteiger partial charge in [0.25, 0.3) is 0 Å². The lowest BCUT2D eigenvalue weighted by atomic mass is 10.1. The Hall–Kier alpha value is -2.07. The van der Waals surface area contributed by atoms with Crippen molar-refractivity contribution in [3.8, 4) is 11.8 Å². The third-order valence-corrected chi connectivity index (χ3v) is 2.09. The fourth-order valence-corrected chi connectivity index (χ4v) is 1.24. The Bertz CT molecular complexity index is 482. The molecule has 16 heavy (non-hydrogen) atoms. The van der Waals surface area contributed by atoms with Crippen molar-refractivity contribution in [3.63, 3.8) is 0 Å². The zero-order valence-electron chi connectivity index (χ0n) is 9.53. The minimum atomic E-state index is 0.630. The second-order valence-electron chi connectivity index (χ2n) is 3.20. The summed E-state index contributed by atoms with van der Waals surface area (Å²) in [6, 6.07) is 7.32. The summed E-state index contributed by atoms with van der Waals surface area (Å²) in [5.74, 6) is 6.03. The van der Waals surface area contributed by atoms with Crippen LogP contribution in [0.3, 0.4) is 0 Å². The van der Waals surface area contributed by atoms with Crippen molar-refractivity contribution in [1.82, 2.24) is 0 Å². The molecule has 0 aromatic heterocycles. The number of allylic oxidation sites excluding steroid dienone is 4. The van der Waals surface area contributed by atoms with Crippen LogP contribution in [0.4, 0.5) is 0 Å². The Balaban J connectivity index is 3.04. The van der Waals surface area contributed by atoms with E-state index in [2.05, 4.69) is 11.8 Å². The summed E-state index contributed by atoms with van der Waals surface area (Å²) in [6.45, 7) is 3.89. The van der Waals surface area contributed by atoms with Crippen LogP contribution >= 0.6 is 0 Å². The first-order chi connectivity index (χ1) is 7.81. The smallest absolute Gasteiger partial charge is 0.151 e. The molecule has 0 bridgehead atoms. The van der Waals surface area contributed by atoms with E-state index >= 15 is 0 Å². The molecule has 0 atom stereocenters. The summed E-state index contributed by atoms with van der Waals surface area (Å²) in [5.41, 5.74) is 2.34. The molecule has 0 heterocycles. The molecule has 1 heteroatoms. The van der Waals surface area contributed by atoms with E-state index in [0.717, 1.165) is 17.4 Å². The van der Waals surface area contributed by atoms with Gasteiger partial charge in [0, 0.05) is 16.7 Å². The number of aldehydes is 1. The molecule has 0 radical (unpaired) electrons. The Morgan fingerprint density at radius 3 is 2.62 bits per heavy atom. The standard InChI is InChI=1S/C15H14O/c1-3-7-13(4-2)10-11-14-8-5-6-9-15(14)12-16/h3-9,12H,1-2H3/b7-3-,13-4+. The molecule has 0 fully saturated rings. The maximum Gasteiger partial charge on any atom is 0.151 e. The summed E-state index contributed by atoms with van der Waals surface area (Å²) in [7, 11) is 0. The van der Waals surface area contributed by atoms with Crippen LogP contribution in [0, 0.1) is 11.8 Å². The molecule has 0 unspecified atom stereocenters. The minimum absolute atomic E-state index is 0.630.